The molecule has 2 heteroatoms. The van der Waals surface area contributed by atoms with Crippen molar-refractivity contribution in [2.75, 3.05) is 18.8 Å². The van der Waals surface area contributed by atoms with Gasteiger partial charge in [0.1, 0.15) is 0 Å². The lowest BCUT2D eigenvalue weighted by atomic mass is 10.2. The number of hydrogen-bond acceptors (Lipinski definition) is 2. The van der Waals surface area contributed by atoms with E-state index in [1.54, 1.807) is 0 Å². The van der Waals surface area contributed by atoms with Crippen LogP contribution in [-0.4, -0.2) is 35.0 Å². The van der Waals surface area contributed by atoms with E-state index in [0.29, 0.717) is 0 Å². The summed E-state index contributed by atoms with van der Waals surface area (Å²) < 4.78 is 0. The minimum absolute atomic E-state index is 0.884. The van der Waals surface area contributed by atoms with E-state index >= 15 is 0 Å². The normalized spacial score (nSPS) is 41.7. The van der Waals surface area contributed by atoms with E-state index in [1.807, 2.05) is 0 Å². The predicted octanol–water partition coefficient (Wildman–Crippen LogP) is 1.59. The van der Waals surface area contributed by atoms with Crippen LogP contribution >= 0.6 is 11.8 Å². The lowest BCUT2D eigenvalue weighted by Gasteiger charge is -2.32. The number of rotatable bonds is 0. The predicted molar refractivity (Wildman–Crippen MR) is 46.5 cm³/mol. The van der Waals surface area contributed by atoms with Gasteiger partial charge in [-0.15, -0.1) is 0 Å². The molecule has 0 N–H and O–H groups in total. The van der Waals surface area contributed by atoms with Crippen molar-refractivity contribution in [3.63, 3.8) is 0 Å². The molecule has 0 amide bonds. The fourth-order valence-electron chi connectivity index (χ4n) is 1.98. The molecule has 10 heavy (non-hydrogen) atoms. The van der Waals surface area contributed by atoms with Gasteiger partial charge in [-0.3, -0.25) is 4.90 Å². The van der Waals surface area contributed by atoms with Gasteiger partial charge in [0.05, 0.1) is 0 Å². The van der Waals surface area contributed by atoms with E-state index in [-0.39, 0.29) is 0 Å². The molecule has 0 saturated carbocycles. The molecule has 0 bridgehead atoms. The van der Waals surface area contributed by atoms with E-state index in [4.69, 9.17) is 0 Å². The second-order valence-corrected chi connectivity index (χ2v) is 4.91. The van der Waals surface area contributed by atoms with Crippen LogP contribution in [-0.2, 0) is 0 Å². The van der Waals surface area contributed by atoms with Gasteiger partial charge in [-0.05, 0) is 19.4 Å². The highest BCUT2D eigenvalue weighted by atomic mass is 32.2. The second-order valence-electron chi connectivity index (χ2n) is 3.43. The van der Waals surface area contributed by atoms with Gasteiger partial charge in [-0.2, -0.15) is 11.8 Å². The molecule has 2 aliphatic heterocycles. The minimum atomic E-state index is 0.884. The molecule has 0 spiro atoms. The van der Waals surface area contributed by atoms with Crippen LogP contribution < -0.4 is 0 Å². The number of hydrogen-bond donors (Lipinski definition) is 0. The summed E-state index contributed by atoms with van der Waals surface area (Å²) in [5, 5.41) is 0.884. The van der Waals surface area contributed by atoms with Crippen LogP contribution in [0, 0.1) is 0 Å². The highest BCUT2D eigenvalue weighted by Crippen LogP contribution is 2.29. The monoisotopic (exact) mass is 157 g/mol. The summed E-state index contributed by atoms with van der Waals surface area (Å²) in [7, 11) is 0. The lowest BCUT2D eigenvalue weighted by molar-refractivity contribution is 0.267. The van der Waals surface area contributed by atoms with Crippen molar-refractivity contribution in [2.24, 2.45) is 0 Å². The van der Waals surface area contributed by atoms with Crippen molar-refractivity contribution in [1.82, 2.24) is 4.90 Å². The largest absolute Gasteiger partial charge is 0.298 e. The van der Waals surface area contributed by atoms with Crippen LogP contribution in [0.4, 0.5) is 0 Å². The number of fused-ring (bicyclic) bond motifs is 1. The fourth-order valence-corrected chi connectivity index (χ4v) is 3.21. The van der Waals surface area contributed by atoms with Crippen LogP contribution in [0.3, 0.4) is 0 Å². The zero-order chi connectivity index (χ0) is 6.97. The van der Waals surface area contributed by atoms with E-state index in [0.717, 1.165) is 11.3 Å². The van der Waals surface area contributed by atoms with E-state index in [9.17, 15) is 0 Å². The Kier molecular flexibility index (Phi) is 1.92. The van der Waals surface area contributed by atoms with Gasteiger partial charge in [0.2, 0.25) is 0 Å². The number of nitrogens with zero attached hydrogens (tertiary/aromatic N) is 1. The van der Waals surface area contributed by atoms with Gasteiger partial charge in [0.25, 0.3) is 0 Å². The molecule has 58 valence electrons. The topological polar surface area (TPSA) is 3.24 Å². The SMILES string of the molecule is CC1CN2CCCC2CS1. The summed E-state index contributed by atoms with van der Waals surface area (Å²) in [6, 6.07) is 0.946. The molecule has 2 rings (SSSR count). The van der Waals surface area contributed by atoms with Crippen molar-refractivity contribution in [2.45, 2.75) is 31.1 Å². The van der Waals surface area contributed by atoms with E-state index in [1.165, 1.54) is 31.7 Å². The van der Waals surface area contributed by atoms with Crippen molar-refractivity contribution in [3.8, 4) is 0 Å². The van der Waals surface area contributed by atoms with E-state index < -0.39 is 0 Å². The highest BCUT2D eigenvalue weighted by molar-refractivity contribution is 8.00. The molecule has 1 nitrogen and oxygen atoms in total. The highest BCUT2D eigenvalue weighted by Gasteiger charge is 2.29. The Balaban J connectivity index is 1.96. The summed E-state index contributed by atoms with van der Waals surface area (Å²) in [5.74, 6) is 1.39. The maximum atomic E-state index is 2.67. The molecule has 2 unspecified atom stereocenters. The number of thioether (sulfide) groups is 1. The van der Waals surface area contributed by atoms with Crippen LogP contribution in [0.25, 0.3) is 0 Å². The van der Waals surface area contributed by atoms with Gasteiger partial charge in [-0.25, -0.2) is 0 Å². The smallest absolute Gasteiger partial charge is 0.0187 e. The van der Waals surface area contributed by atoms with Crippen molar-refractivity contribution in [3.05, 3.63) is 0 Å². The van der Waals surface area contributed by atoms with Gasteiger partial charge in [0.15, 0.2) is 0 Å². The molecule has 2 fully saturated rings. The Labute approximate surface area is 67.2 Å². The Bertz CT molecular complexity index is 126. The summed E-state index contributed by atoms with van der Waals surface area (Å²) in [5.41, 5.74) is 0. The van der Waals surface area contributed by atoms with Gasteiger partial charge in [0, 0.05) is 23.6 Å². The maximum Gasteiger partial charge on any atom is 0.0187 e. The first-order valence-corrected chi connectivity index (χ1v) is 5.27. The summed E-state index contributed by atoms with van der Waals surface area (Å²) in [6.07, 6.45) is 2.90. The third kappa shape index (κ3) is 1.19. The zero-order valence-corrected chi connectivity index (χ0v) is 7.36. The molecule has 0 aromatic carbocycles. The summed E-state index contributed by atoms with van der Waals surface area (Å²) in [4.78, 5) is 2.67. The Morgan fingerprint density at radius 1 is 1.50 bits per heavy atom. The first kappa shape index (κ1) is 6.99. The Morgan fingerprint density at radius 2 is 2.40 bits per heavy atom. The third-order valence-corrected chi connectivity index (χ3v) is 3.86. The molecule has 0 radical (unpaired) electrons. The van der Waals surface area contributed by atoms with Crippen molar-refractivity contribution < 1.29 is 0 Å². The summed E-state index contributed by atoms with van der Waals surface area (Å²) >= 11 is 2.15. The lowest BCUT2D eigenvalue weighted by Crippen LogP contribution is -2.40. The van der Waals surface area contributed by atoms with Crippen LogP contribution in [0.5, 0.6) is 0 Å². The molecule has 2 saturated heterocycles. The van der Waals surface area contributed by atoms with Crippen LogP contribution in [0.1, 0.15) is 19.8 Å². The van der Waals surface area contributed by atoms with Gasteiger partial charge < -0.3 is 0 Å². The standard InChI is InChI=1S/C8H15NS/c1-7-5-9-4-2-3-8(9)6-10-7/h7-8H,2-6H2,1H3. The van der Waals surface area contributed by atoms with Crippen LogP contribution in [0.15, 0.2) is 0 Å². The maximum absolute atomic E-state index is 2.67. The molecule has 2 atom stereocenters. The third-order valence-electron chi connectivity index (χ3n) is 2.56. The first-order chi connectivity index (χ1) is 4.86. The molecule has 2 heterocycles. The summed E-state index contributed by atoms with van der Waals surface area (Å²) in [6.45, 7) is 5.06. The van der Waals surface area contributed by atoms with E-state index in [2.05, 4.69) is 23.6 Å². The van der Waals surface area contributed by atoms with Gasteiger partial charge in [-0.1, -0.05) is 6.92 Å². The average Bonchev–Trinajstić information content (AvgIpc) is 2.33. The molecular weight excluding hydrogens is 142 g/mol. The quantitative estimate of drug-likeness (QED) is 0.525. The Hall–Kier alpha value is 0.310. The zero-order valence-electron chi connectivity index (χ0n) is 6.55. The minimum Gasteiger partial charge on any atom is -0.298 e. The van der Waals surface area contributed by atoms with Gasteiger partial charge >= 0.3 is 0 Å². The van der Waals surface area contributed by atoms with Crippen molar-refractivity contribution >= 4 is 11.8 Å². The molecule has 2 aliphatic rings. The molecule has 0 aromatic rings. The average molecular weight is 157 g/mol. The first-order valence-electron chi connectivity index (χ1n) is 4.22. The molecule has 0 aliphatic carbocycles. The van der Waals surface area contributed by atoms with Crippen LogP contribution in [0.2, 0.25) is 0 Å². The Morgan fingerprint density at radius 3 is 3.30 bits per heavy atom. The molecule has 0 aromatic heterocycles. The molecular formula is C8H15NS. The van der Waals surface area contributed by atoms with Crippen molar-refractivity contribution in [1.29, 1.82) is 0 Å². The fraction of sp³-hybridized carbons (Fsp3) is 1.00. The second kappa shape index (κ2) is 2.74.